The number of imide groups is 1. The molecular weight excluding hydrogens is 376 g/mol. The van der Waals surface area contributed by atoms with Crippen LogP contribution in [0.3, 0.4) is 0 Å². The average molecular weight is 390 g/mol. The second-order valence-electron chi connectivity index (χ2n) is 4.38. The Kier molecular flexibility index (Phi) is 4.62. The molecule has 6 heteroatoms. The van der Waals surface area contributed by atoms with Gasteiger partial charge in [0.2, 0.25) is 5.91 Å². The van der Waals surface area contributed by atoms with Crippen molar-refractivity contribution in [3.05, 3.63) is 27.1 Å². The monoisotopic (exact) mass is 388 g/mol. The highest BCUT2D eigenvalue weighted by molar-refractivity contribution is 9.11. The zero-order chi connectivity index (χ0) is 14.0. The smallest absolute Gasteiger partial charge is 0.252 e. The van der Waals surface area contributed by atoms with Gasteiger partial charge in [0.05, 0.1) is 12.1 Å². The number of halogens is 2. The van der Waals surface area contributed by atoms with E-state index in [9.17, 15) is 9.59 Å². The highest BCUT2D eigenvalue weighted by Gasteiger charge is 2.38. The van der Waals surface area contributed by atoms with Crippen molar-refractivity contribution in [2.24, 2.45) is 0 Å². The summed E-state index contributed by atoms with van der Waals surface area (Å²) in [5.74, 6) is -0.248. The van der Waals surface area contributed by atoms with Crippen LogP contribution in [0.2, 0.25) is 0 Å². The molecule has 1 saturated heterocycles. The summed E-state index contributed by atoms with van der Waals surface area (Å²) in [7, 11) is 0. The summed E-state index contributed by atoms with van der Waals surface area (Å²) in [5.41, 5.74) is 0.798. The maximum atomic E-state index is 12.1. The molecule has 4 nitrogen and oxygen atoms in total. The Morgan fingerprint density at radius 3 is 2.53 bits per heavy atom. The molecule has 0 bridgehead atoms. The van der Waals surface area contributed by atoms with Crippen LogP contribution in [0.4, 0.5) is 5.69 Å². The van der Waals surface area contributed by atoms with E-state index in [0.29, 0.717) is 6.54 Å². The fourth-order valence-electron chi connectivity index (χ4n) is 2.06. The number of nitrogens with one attached hydrogen (secondary N) is 1. The zero-order valence-corrected chi connectivity index (χ0v) is 13.6. The van der Waals surface area contributed by atoms with Crippen molar-refractivity contribution in [3.63, 3.8) is 0 Å². The van der Waals surface area contributed by atoms with Crippen LogP contribution in [-0.4, -0.2) is 29.3 Å². The van der Waals surface area contributed by atoms with Gasteiger partial charge >= 0.3 is 0 Å². The lowest BCUT2D eigenvalue weighted by molar-refractivity contribution is -0.138. The Labute approximate surface area is 128 Å². The van der Waals surface area contributed by atoms with Gasteiger partial charge in [-0.25, -0.2) is 0 Å². The van der Waals surface area contributed by atoms with Crippen LogP contribution in [0.25, 0.3) is 0 Å². The average Bonchev–Trinajstić information content (AvgIpc) is 2.62. The SMILES string of the molecule is CCCN1C(=O)CC(Nc2c(Br)cccc2Br)C1=O. The lowest BCUT2D eigenvalue weighted by Crippen LogP contribution is -2.35. The molecule has 1 aliphatic heterocycles. The molecule has 0 radical (unpaired) electrons. The Morgan fingerprint density at radius 1 is 1.32 bits per heavy atom. The summed E-state index contributed by atoms with van der Waals surface area (Å²) in [5, 5.41) is 3.14. The molecule has 0 spiro atoms. The third kappa shape index (κ3) is 3.00. The number of benzene rings is 1. The number of carbonyl (C=O) groups excluding carboxylic acids is 2. The first kappa shape index (κ1) is 14.5. The van der Waals surface area contributed by atoms with Crippen molar-refractivity contribution in [1.29, 1.82) is 0 Å². The van der Waals surface area contributed by atoms with Crippen molar-refractivity contribution in [3.8, 4) is 0 Å². The van der Waals surface area contributed by atoms with Crippen molar-refractivity contribution in [1.82, 2.24) is 4.90 Å². The van der Waals surface area contributed by atoms with E-state index in [1.807, 2.05) is 25.1 Å². The second-order valence-corrected chi connectivity index (χ2v) is 6.09. The number of amides is 2. The van der Waals surface area contributed by atoms with E-state index in [0.717, 1.165) is 21.1 Å². The van der Waals surface area contributed by atoms with Gasteiger partial charge in [-0.2, -0.15) is 0 Å². The summed E-state index contributed by atoms with van der Waals surface area (Å²) < 4.78 is 1.71. The minimum atomic E-state index is -0.478. The van der Waals surface area contributed by atoms with E-state index in [4.69, 9.17) is 0 Å². The van der Waals surface area contributed by atoms with Gasteiger partial charge in [0.1, 0.15) is 6.04 Å². The van der Waals surface area contributed by atoms with Crippen molar-refractivity contribution in [2.45, 2.75) is 25.8 Å². The molecule has 0 aliphatic carbocycles. The first-order valence-electron chi connectivity index (χ1n) is 6.09. The second kappa shape index (κ2) is 6.05. The third-order valence-electron chi connectivity index (χ3n) is 2.97. The van der Waals surface area contributed by atoms with Crippen molar-refractivity contribution >= 4 is 49.4 Å². The summed E-state index contributed by atoms with van der Waals surface area (Å²) in [4.78, 5) is 25.3. The van der Waals surface area contributed by atoms with E-state index in [1.165, 1.54) is 4.90 Å². The number of hydrogen-bond acceptors (Lipinski definition) is 3. The fourth-order valence-corrected chi connectivity index (χ4v) is 3.29. The Bertz CT molecular complexity index is 499. The van der Waals surface area contributed by atoms with Gasteiger partial charge in [0.15, 0.2) is 0 Å². The molecule has 1 atom stereocenters. The Balaban J connectivity index is 2.17. The molecule has 102 valence electrons. The van der Waals surface area contributed by atoms with Crippen molar-refractivity contribution in [2.75, 3.05) is 11.9 Å². The molecule has 1 fully saturated rings. The standard InChI is InChI=1S/C13H14Br2N2O2/c1-2-6-17-11(18)7-10(13(17)19)16-12-8(14)4-3-5-9(12)15/h3-5,10,16H,2,6-7H2,1H3. The van der Waals surface area contributed by atoms with E-state index < -0.39 is 6.04 Å². The quantitative estimate of drug-likeness (QED) is 0.804. The summed E-state index contributed by atoms with van der Waals surface area (Å²) in [6, 6.07) is 5.19. The van der Waals surface area contributed by atoms with Crippen LogP contribution < -0.4 is 5.32 Å². The normalized spacial score (nSPS) is 19.1. The predicted molar refractivity (Wildman–Crippen MR) is 80.9 cm³/mol. The first-order valence-corrected chi connectivity index (χ1v) is 7.68. The number of nitrogens with zero attached hydrogens (tertiary/aromatic N) is 1. The number of carbonyl (C=O) groups is 2. The van der Waals surface area contributed by atoms with Gasteiger partial charge in [0, 0.05) is 15.5 Å². The molecule has 2 rings (SSSR count). The molecule has 0 aromatic heterocycles. The summed E-state index contributed by atoms with van der Waals surface area (Å²) in [6.45, 7) is 2.44. The van der Waals surface area contributed by atoms with Crippen LogP contribution in [0.15, 0.2) is 27.1 Å². The maximum Gasteiger partial charge on any atom is 0.252 e. The van der Waals surface area contributed by atoms with Crippen LogP contribution in [0.5, 0.6) is 0 Å². The number of anilines is 1. The minimum absolute atomic E-state index is 0.104. The lowest BCUT2D eigenvalue weighted by atomic mass is 10.2. The topological polar surface area (TPSA) is 49.4 Å². The van der Waals surface area contributed by atoms with E-state index in [-0.39, 0.29) is 18.2 Å². The predicted octanol–water partition coefficient (Wildman–Crippen LogP) is 3.16. The van der Waals surface area contributed by atoms with Gasteiger partial charge in [-0.3, -0.25) is 14.5 Å². The molecule has 2 amide bonds. The molecule has 1 aromatic carbocycles. The number of rotatable bonds is 4. The minimum Gasteiger partial charge on any atom is -0.371 e. The van der Waals surface area contributed by atoms with Gasteiger partial charge in [0.25, 0.3) is 5.91 Å². The van der Waals surface area contributed by atoms with Gasteiger partial charge in [-0.1, -0.05) is 13.0 Å². The van der Waals surface area contributed by atoms with Crippen LogP contribution in [-0.2, 0) is 9.59 Å². The van der Waals surface area contributed by atoms with Crippen LogP contribution in [0.1, 0.15) is 19.8 Å². The molecule has 0 saturated carbocycles. The van der Waals surface area contributed by atoms with Gasteiger partial charge < -0.3 is 5.32 Å². The summed E-state index contributed by atoms with van der Waals surface area (Å²) in [6.07, 6.45) is 0.996. The molecule has 19 heavy (non-hydrogen) atoms. The molecular formula is C13H14Br2N2O2. The maximum absolute atomic E-state index is 12.1. The summed E-state index contributed by atoms with van der Waals surface area (Å²) >= 11 is 6.87. The Morgan fingerprint density at radius 2 is 1.95 bits per heavy atom. The fraction of sp³-hybridized carbons (Fsp3) is 0.385. The number of likely N-dealkylation sites (tertiary alicyclic amines) is 1. The largest absolute Gasteiger partial charge is 0.371 e. The highest BCUT2D eigenvalue weighted by Crippen LogP contribution is 2.32. The molecule has 1 unspecified atom stereocenters. The van der Waals surface area contributed by atoms with E-state index in [2.05, 4.69) is 37.2 Å². The van der Waals surface area contributed by atoms with Gasteiger partial charge in [-0.05, 0) is 50.4 Å². The third-order valence-corrected chi connectivity index (χ3v) is 4.29. The number of para-hydroxylation sites is 1. The molecule has 1 N–H and O–H groups in total. The first-order chi connectivity index (χ1) is 9.04. The van der Waals surface area contributed by atoms with E-state index >= 15 is 0 Å². The van der Waals surface area contributed by atoms with E-state index in [1.54, 1.807) is 0 Å². The van der Waals surface area contributed by atoms with Gasteiger partial charge in [-0.15, -0.1) is 0 Å². The lowest BCUT2D eigenvalue weighted by Gasteiger charge is -2.16. The highest BCUT2D eigenvalue weighted by atomic mass is 79.9. The van der Waals surface area contributed by atoms with Crippen LogP contribution >= 0.6 is 31.9 Å². The zero-order valence-electron chi connectivity index (χ0n) is 10.5. The molecule has 1 aromatic rings. The molecule has 1 aliphatic rings. The van der Waals surface area contributed by atoms with Crippen LogP contribution in [0, 0.1) is 0 Å². The van der Waals surface area contributed by atoms with Crippen molar-refractivity contribution < 1.29 is 9.59 Å². The Hall–Kier alpha value is -0.880. The molecule has 1 heterocycles. The number of hydrogen-bond donors (Lipinski definition) is 1.